The van der Waals surface area contributed by atoms with Crippen LogP contribution in [0.2, 0.25) is 0 Å². The highest BCUT2D eigenvalue weighted by Crippen LogP contribution is 2.40. The van der Waals surface area contributed by atoms with Gasteiger partial charge in [0.25, 0.3) is 5.91 Å². The number of nitrogens with zero attached hydrogens (tertiary/aromatic N) is 2. The predicted molar refractivity (Wildman–Crippen MR) is 90.0 cm³/mol. The zero-order valence-electron chi connectivity index (χ0n) is 15.0. The van der Waals surface area contributed by atoms with Crippen molar-refractivity contribution in [2.24, 2.45) is 18.4 Å². The van der Waals surface area contributed by atoms with Gasteiger partial charge in [-0.05, 0) is 50.9 Å². The first-order valence-corrected chi connectivity index (χ1v) is 8.57. The standard InChI is InChI=1S/C18H31N3O/c1-7-18(4,5)14-8-10-15(11-9-14)19-17(22)16-12(2)20-21(6)13(16)3/h14-15H,7-11H2,1-6H3,(H,19,22). The molecule has 4 nitrogen and oxygen atoms in total. The third-order valence-corrected chi connectivity index (χ3v) is 5.81. The zero-order valence-corrected chi connectivity index (χ0v) is 15.0. The van der Waals surface area contributed by atoms with Crippen molar-refractivity contribution >= 4 is 5.91 Å². The fourth-order valence-electron chi connectivity index (χ4n) is 3.67. The molecule has 0 atom stereocenters. The van der Waals surface area contributed by atoms with Gasteiger partial charge in [-0.2, -0.15) is 5.10 Å². The molecule has 0 aliphatic heterocycles. The van der Waals surface area contributed by atoms with Crippen molar-refractivity contribution in [2.45, 2.75) is 72.8 Å². The monoisotopic (exact) mass is 305 g/mol. The minimum absolute atomic E-state index is 0.0429. The Kier molecular flexibility index (Phi) is 4.98. The van der Waals surface area contributed by atoms with Crippen molar-refractivity contribution in [3.8, 4) is 0 Å². The van der Waals surface area contributed by atoms with Gasteiger partial charge in [0, 0.05) is 18.8 Å². The van der Waals surface area contributed by atoms with E-state index in [2.05, 4.69) is 31.2 Å². The van der Waals surface area contributed by atoms with Crippen LogP contribution in [0.3, 0.4) is 0 Å². The Bertz CT molecular complexity index is 537. The van der Waals surface area contributed by atoms with Gasteiger partial charge in [-0.25, -0.2) is 0 Å². The molecule has 0 aromatic carbocycles. The van der Waals surface area contributed by atoms with Gasteiger partial charge in [-0.15, -0.1) is 0 Å². The maximum absolute atomic E-state index is 12.5. The lowest BCUT2D eigenvalue weighted by Gasteiger charge is -2.39. The molecule has 0 saturated heterocycles. The number of amides is 1. The summed E-state index contributed by atoms with van der Waals surface area (Å²) < 4.78 is 1.78. The SMILES string of the molecule is CCC(C)(C)C1CCC(NC(=O)c2c(C)nn(C)c2C)CC1. The summed E-state index contributed by atoms with van der Waals surface area (Å²) in [7, 11) is 1.89. The largest absolute Gasteiger partial charge is 0.349 e. The van der Waals surface area contributed by atoms with Crippen molar-refractivity contribution in [1.29, 1.82) is 0 Å². The van der Waals surface area contributed by atoms with Crippen LogP contribution in [0.15, 0.2) is 0 Å². The third kappa shape index (κ3) is 3.36. The van der Waals surface area contributed by atoms with Gasteiger partial charge in [0.15, 0.2) is 0 Å². The van der Waals surface area contributed by atoms with E-state index in [0.29, 0.717) is 11.5 Å². The average molecular weight is 305 g/mol. The van der Waals surface area contributed by atoms with E-state index in [0.717, 1.165) is 35.7 Å². The molecular formula is C18H31N3O. The van der Waals surface area contributed by atoms with Crippen LogP contribution in [0, 0.1) is 25.2 Å². The van der Waals surface area contributed by atoms with Crippen molar-refractivity contribution in [1.82, 2.24) is 15.1 Å². The molecule has 1 heterocycles. The maximum Gasteiger partial charge on any atom is 0.255 e. The average Bonchev–Trinajstić information content (AvgIpc) is 2.72. The number of hydrogen-bond donors (Lipinski definition) is 1. The highest BCUT2D eigenvalue weighted by molar-refractivity contribution is 5.96. The highest BCUT2D eigenvalue weighted by Gasteiger charge is 2.32. The summed E-state index contributed by atoms with van der Waals surface area (Å²) in [5.41, 5.74) is 2.93. The number of carbonyl (C=O) groups is 1. The normalized spacial score (nSPS) is 22.6. The fourth-order valence-corrected chi connectivity index (χ4v) is 3.67. The van der Waals surface area contributed by atoms with E-state index >= 15 is 0 Å². The van der Waals surface area contributed by atoms with Gasteiger partial charge >= 0.3 is 0 Å². The zero-order chi connectivity index (χ0) is 16.5. The van der Waals surface area contributed by atoms with Gasteiger partial charge in [0.1, 0.15) is 0 Å². The molecule has 0 bridgehead atoms. The number of carbonyl (C=O) groups excluding carboxylic acids is 1. The van der Waals surface area contributed by atoms with E-state index in [9.17, 15) is 4.79 Å². The molecule has 0 spiro atoms. The Morgan fingerprint density at radius 3 is 2.32 bits per heavy atom. The minimum Gasteiger partial charge on any atom is -0.349 e. The van der Waals surface area contributed by atoms with Crippen LogP contribution in [0.1, 0.15) is 74.6 Å². The summed E-state index contributed by atoms with van der Waals surface area (Å²) in [5, 5.41) is 7.56. The molecule has 22 heavy (non-hydrogen) atoms. The second-order valence-electron chi connectivity index (χ2n) is 7.53. The van der Waals surface area contributed by atoms with Gasteiger partial charge in [-0.3, -0.25) is 9.48 Å². The van der Waals surface area contributed by atoms with Crippen LogP contribution in [0.5, 0.6) is 0 Å². The molecule has 1 N–H and O–H groups in total. The molecule has 124 valence electrons. The molecule has 1 aliphatic carbocycles. The van der Waals surface area contributed by atoms with E-state index < -0.39 is 0 Å². The number of rotatable bonds is 4. The van der Waals surface area contributed by atoms with E-state index in [-0.39, 0.29) is 5.91 Å². The molecule has 1 fully saturated rings. The van der Waals surface area contributed by atoms with Gasteiger partial charge in [0.05, 0.1) is 11.3 Å². The summed E-state index contributed by atoms with van der Waals surface area (Å²) in [4.78, 5) is 12.5. The second kappa shape index (κ2) is 6.43. The van der Waals surface area contributed by atoms with Crippen LogP contribution in [-0.4, -0.2) is 21.7 Å². The first-order valence-electron chi connectivity index (χ1n) is 8.57. The number of aryl methyl sites for hydroxylation is 2. The van der Waals surface area contributed by atoms with Crippen LogP contribution >= 0.6 is 0 Å². The molecule has 1 saturated carbocycles. The van der Waals surface area contributed by atoms with Gasteiger partial charge in [0.2, 0.25) is 0 Å². The molecule has 1 aromatic heterocycles. The summed E-state index contributed by atoms with van der Waals surface area (Å²) in [6.07, 6.45) is 5.85. The lowest BCUT2D eigenvalue weighted by molar-refractivity contribution is 0.0892. The number of aromatic nitrogens is 2. The van der Waals surface area contributed by atoms with Crippen molar-refractivity contribution in [3.63, 3.8) is 0 Å². The Hall–Kier alpha value is -1.32. The molecule has 0 unspecified atom stereocenters. The Labute approximate surface area is 134 Å². The quantitative estimate of drug-likeness (QED) is 0.920. The van der Waals surface area contributed by atoms with Crippen molar-refractivity contribution in [2.75, 3.05) is 0 Å². The molecule has 1 aromatic rings. The molecule has 1 amide bonds. The number of nitrogens with one attached hydrogen (secondary N) is 1. The van der Waals surface area contributed by atoms with Gasteiger partial charge in [-0.1, -0.05) is 27.2 Å². The predicted octanol–water partition coefficient (Wildman–Crippen LogP) is 3.76. The smallest absolute Gasteiger partial charge is 0.255 e. The lowest BCUT2D eigenvalue weighted by atomic mass is 9.69. The Morgan fingerprint density at radius 1 is 1.27 bits per heavy atom. The fraction of sp³-hybridized carbons (Fsp3) is 0.778. The van der Waals surface area contributed by atoms with Gasteiger partial charge < -0.3 is 5.32 Å². The summed E-state index contributed by atoms with van der Waals surface area (Å²) in [5.74, 6) is 0.828. The highest BCUT2D eigenvalue weighted by atomic mass is 16.1. The molecule has 0 radical (unpaired) electrons. The van der Waals surface area contributed by atoms with Crippen LogP contribution in [0.4, 0.5) is 0 Å². The van der Waals surface area contributed by atoms with Crippen LogP contribution < -0.4 is 5.32 Å². The summed E-state index contributed by atoms with van der Waals surface area (Å²) in [6.45, 7) is 10.9. The van der Waals surface area contributed by atoms with E-state index in [4.69, 9.17) is 0 Å². The van der Waals surface area contributed by atoms with Crippen molar-refractivity contribution in [3.05, 3.63) is 17.0 Å². The van der Waals surface area contributed by atoms with Crippen molar-refractivity contribution < 1.29 is 4.79 Å². The number of hydrogen-bond acceptors (Lipinski definition) is 2. The summed E-state index contributed by atoms with van der Waals surface area (Å²) in [6, 6.07) is 0.315. The van der Waals surface area contributed by atoms with E-state index in [1.165, 1.54) is 19.3 Å². The first kappa shape index (κ1) is 17.0. The molecule has 1 aliphatic rings. The van der Waals surface area contributed by atoms with Crippen LogP contribution in [0.25, 0.3) is 0 Å². The lowest BCUT2D eigenvalue weighted by Crippen LogP contribution is -2.40. The topological polar surface area (TPSA) is 46.9 Å². The molecule has 2 rings (SSSR count). The van der Waals surface area contributed by atoms with E-state index in [1.54, 1.807) is 4.68 Å². The Balaban J connectivity index is 1.95. The van der Waals surface area contributed by atoms with E-state index in [1.807, 2.05) is 20.9 Å². The minimum atomic E-state index is 0.0429. The third-order valence-electron chi connectivity index (χ3n) is 5.81. The Morgan fingerprint density at radius 2 is 1.86 bits per heavy atom. The second-order valence-corrected chi connectivity index (χ2v) is 7.53. The first-order chi connectivity index (χ1) is 10.3. The van der Waals surface area contributed by atoms with Crippen LogP contribution in [-0.2, 0) is 7.05 Å². The molecule has 4 heteroatoms. The summed E-state index contributed by atoms with van der Waals surface area (Å²) >= 11 is 0. The molecular weight excluding hydrogens is 274 g/mol. The maximum atomic E-state index is 12.5.